The Balaban J connectivity index is 1.61. The number of imide groups is 1. The Morgan fingerprint density at radius 1 is 1.04 bits per heavy atom. The Morgan fingerprint density at radius 3 is 2.27 bits per heavy atom. The normalized spacial score (nSPS) is 26.3. The maximum absolute atomic E-state index is 13.4. The van der Waals surface area contributed by atoms with Crippen molar-refractivity contribution >= 4 is 17.7 Å². The van der Waals surface area contributed by atoms with Crippen molar-refractivity contribution in [1.29, 1.82) is 0 Å². The summed E-state index contributed by atoms with van der Waals surface area (Å²) in [5.41, 5.74) is 0.792. The molecule has 3 unspecified atom stereocenters. The van der Waals surface area contributed by atoms with Gasteiger partial charge in [-0.05, 0) is 37.3 Å². The van der Waals surface area contributed by atoms with Crippen molar-refractivity contribution in [1.82, 2.24) is 15.1 Å². The van der Waals surface area contributed by atoms with E-state index in [1.54, 1.807) is 24.3 Å². The monoisotopic (exact) mass is 355 g/mol. The lowest BCUT2D eigenvalue weighted by Crippen LogP contribution is -2.54. The van der Waals surface area contributed by atoms with Gasteiger partial charge in [-0.3, -0.25) is 19.3 Å². The summed E-state index contributed by atoms with van der Waals surface area (Å²) in [6.45, 7) is 5.13. The van der Waals surface area contributed by atoms with E-state index in [0.717, 1.165) is 12.8 Å². The second kappa shape index (κ2) is 6.50. The number of hydrogen-bond donors (Lipinski definition) is 1. The lowest BCUT2D eigenvalue weighted by atomic mass is 9.99. The van der Waals surface area contributed by atoms with E-state index in [2.05, 4.69) is 5.32 Å². The van der Waals surface area contributed by atoms with Gasteiger partial charge in [0, 0.05) is 25.2 Å². The van der Waals surface area contributed by atoms with Crippen molar-refractivity contribution in [2.24, 2.45) is 5.92 Å². The minimum absolute atomic E-state index is 0.108. The first-order chi connectivity index (χ1) is 12.5. The van der Waals surface area contributed by atoms with Crippen LogP contribution in [-0.4, -0.2) is 58.7 Å². The summed E-state index contributed by atoms with van der Waals surface area (Å²) >= 11 is 0. The Morgan fingerprint density at radius 2 is 1.65 bits per heavy atom. The van der Waals surface area contributed by atoms with E-state index in [4.69, 9.17) is 0 Å². The number of benzene rings is 1. The first kappa shape index (κ1) is 17.2. The molecule has 0 aliphatic carbocycles. The molecule has 3 atom stereocenters. The number of nitrogens with zero attached hydrogens (tertiary/aromatic N) is 2. The summed E-state index contributed by atoms with van der Waals surface area (Å²) in [6, 6.07) is 6.86. The van der Waals surface area contributed by atoms with E-state index in [-0.39, 0.29) is 23.6 Å². The fourth-order valence-electron chi connectivity index (χ4n) is 4.48. The molecule has 3 amide bonds. The van der Waals surface area contributed by atoms with Crippen LogP contribution in [0.4, 0.5) is 0 Å². The standard InChI is InChI=1S/C20H25N3O3/c1-12(2)17(20(26)22-10-9-13-7-8-14(11-22)21-13)23-18(24)15-5-3-4-6-16(15)19(23)25/h3-6,12-14,17,21H,7-11H2,1-2H3. The maximum Gasteiger partial charge on any atom is 0.262 e. The van der Waals surface area contributed by atoms with Crippen LogP contribution in [0.15, 0.2) is 24.3 Å². The molecule has 6 heteroatoms. The molecule has 4 rings (SSSR count). The fraction of sp³-hybridized carbons (Fsp3) is 0.550. The van der Waals surface area contributed by atoms with Gasteiger partial charge in [0.05, 0.1) is 11.1 Å². The number of rotatable bonds is 3. The van der Waals surface area contributed by atoms with Gasteiger partial charge in [-0.2, -0.15) is 0 Å². The highest BCUT2D eigenvalue weighted by Gasteiger charge is 2.45. The zero-order chi connectivity index (χ0) is 18.4. The molecule has 1 aromatic rings. The molecule has 0 saturated carbocycles. The molecular weight excluding hydrogens is 330 g/mol. The van der Waals surface area contributed by atoms with Crippen LogP contribution in [0, 0.1) is 5.92 Å². The van der Waals surface area contributed by atoms with Gasteiger partial charge >= 0.3 is 0 Å². The Kier molecular flexibility index (Phi) is 4.31. The molecule has 3 heterocycles. The van der Waals surface area contributed by atoms with Crippen LogP contribution >= 0.6 is 0 Å². The summed E-state index contributed by atoms with van der Waals surface area (Å²) in [5, 5.41) is 3.57. The zero-order valence-electron chi connectivity index (χ0n) is 15.3. The Labute approximate surface area is 153 Å². The van der Waals surface area contributed by atoms with Crippen LogP contribution in [0.25, 0.3) is 0 Å². The summed E-state index contributed by atoms with van der Waals surface area (Å²) < 4.78 is 0. The van der Waals surface area contributed by atoms with Gasteiger partial charge in [-0.1, -0.05) is 26.0 Å². The molecule has 0 spiro atoms. The van der Waals surface area contributed by atoms with Crippen molar-refractivity contribution in [2.75, 3.05) is 13.1 Å². The highest BCUT2D eigenvalue weighted by atomic mass is 16.2. The van der Waals surface area contributed by atoms with Crippen LogP contribution in [0.3, 0.4) is 0 Å². The molecule has 1 aromatic carbocycles. The van der Waals surface area contributed by atoms with E-state index in [1.807, 2.05) is 18.7 Å². The zero-order valence-corrected chi connectivity index (χ0v) is 15.3. The number of carbonyl (C=O) groups is 3. The first-order valence-corrected chi connectivity index (χ1v) is 9.49. The molecule has 1 N–H and O–H groups in total. The number of amides is 3. The minimum Gasteiger partial charge on any atom is -0.339 e. The number of likely N-dealkylation sites (tertiary alicyclic amines) is 1. The average molecular weight is 355 g/mol. The van der Waals surface area contributed by atoms with Crippen molar-refractivity contribution in [3.63, 3.8) is 0 Å². The summed E-state index contributed by atoms with van der Waals surface area (Å²) in [5.74, 6) is -0.957. The molecular formula is C20H25N3O3. The predicted octanol–water partition coefficient (Wildman–Crippen LogP) is 1.66. The van der Waals surface area contributed by atoms with Gasteiger partial charge in [-0.25, -0.2) is 0 Å². The molecule has 2 bridgehead atoms. The van der Waals surface area contributed by atoms with E-state index in [0.29, 0.717) is 36.3 Å². The maximum atomic E-state index is 13.4. The first-order valence-electron chi connectivity index (χ1n) is 9.49. The molecule has 0 radical (unpaired) electrons. The van der Waals surface area contributed by atoms with Gasteiger partial charge in [0.15, 0.2) is 0 Å². The van der Waals surface area contributed by atoms with Gasteiger partial charge in [0.2, 0.25) is 5.91 Å². The second-order valence-corrected chi connectivity index (χ2v) is 7.93. The smallest absolute Gasteiger partial charge is 0.262 e. The van der Waals surface area contributed by atoms with Crippen molar-refractivity contribution in [2.45, 2.75) is 51.2 Å². The third kappa shape index (κ3) is 2.72. The third-order valence-corrected chi connectivity index (χ3v) is 5.82. The topological polar surface area (TPSA) is 69.7 Å². The molecule has 26 heavy (non-hydrogen) atoms. The molecule has 3 aliphatic heterocycles. The van der Waals surface area contributed by atoms with E-state index in [9.17, 15) is 14.4 Å². The van der Waals surface area contributed by atoms with E-state index < -0.39 is 6.04 Å². The molecule has 2 saturated heterocycles. The SMILES string of the molecule is CC(C)C(C(=O)N1CCC2CCC(C1)N2)N1C(=O)c2ccccc2C1=O. The predicted molar refractivity (Wildman–Crippen MR) is 96.7 cm³/mol. The second-order valence-electron chi connectivity index (χ2n) is 7.93. The van der Waals surface area contributed by atoms with Crippen LogP contribution < -0.4 is 5.32 Å². The van der Waals surface area contributed by atoms with Gasteiger partial charge in [0.25, 0.3) is 11.8 Å². The fourth-order valence-corrected chi connectivity index (χ4v) is 4.48. The lowest BCUT2D eigenvalue weighted by Gasteiger charge is -2.34. The average Bonchev–Trinajstić information content (AvgIpc) is 3.07. The molecule has 6 nitrogen and oxygen atoms in total. The summed E-state index contributed by atoms with van der Waals surface area (Å²) in [7, 11) is 0. The van der Waals surface area contributed by atoms with E-state index in [1.165, 1.54) is 11.3 Å². The Hall–Kier alpha value is -2.21. The van der Waals surface area contributed by atoms with Crippen LogP contribution in [0.5, 0.6) is 0 Å². The molecule has 0 aromatic heterocycles. The van der Waals surface area contributed by atoms with Crippen molar-refractivity contribution < 1.29 is 14.4 Å². The summed E-state index contributed by atoms with van der Waals surface area (Å²) in [6.07, 6.45) is 3.17. The Bertz CT molecular complexity index is 725. The van der Waals surface area contributed by atoms with Gasteiger partial charge in [-0.15, -0.1) is 0 Å². The number of nitrogens with one attached hydrogen (secondary N) is 1. The van der Waals surface area contributed by atoms with Crippen LogP contribution in [0.2, 0.25) is 0 Å². The highest BCUT2D eigenvalue weighted by molar-refractivity contribution is 6.22. The molecule has 3 aliphatic rings. The van der Waals surface area contributed by atoms with Crippen molar-refractivity contribution in [3.05, 3.63) is 35.4 Å². The quantitative estimate of drug-likeness (QED) is 0.837. The number of carbonyl (C=O) groups excluding carboxylic acids is 3. The summed E-state index contributed by atoms with van der Waals surface area (Å²) in [4.78, 5) is 42.1. The lowest BCUT2D eigenvalue weighted by molar-refractivity contribution is -0.137. The van der Waals surface area contributed by atoms with Gasteiger partial charge < -0.3 is 10.2 Å². The minimum atomic E-state index is -0.751. The highest BCUT2D eigenvalue weighted by Crippen LogP contribution is 2.29. The third-order valence-electron chi connectivity index (χ3n) is 5.82. The largest absolute Gasteiger partial charge is 0.339 e. The van der Waals surface area contributed by atoms with Crippen molar-refractivity contribution in [3.8, 4) is 0 Å². The molecule has 2 fully saturated rings. The van der Waals surface area contributed by atoms with Gasteiger partial charge in [0.1, 0.15) is 6.04 Å². The van der Waals surface area contributed by atoms with Crippen LogP contribution in [-0.2, 0) is 4.79 Å². The van der Waals surface area contributed by atoms with Crippen LogP contribution in [0.1, 0.15) is 53.8 Å². The number of fused-ring (bicyclic) bond motifs is 3. The molecule has 138 valence electrons. The number of hydrogen-bond acceptors (Lipinski definition) is 4. The van der Waals surface area contributed by atoms with E-state index >= 15 is 0 Å².